The Morgan fingerprint density at radius 3 is 1.97 bits per heavy atom. The van der Waals surface area contributed by atoms with E-state index in [0.29, 0.717) is 29.2 Å². The largest absolute Gasteiger partial charge is 0.493 e. The van der Waals surface area contributed by atoms with Gasteiger partial charge >= 0.3 is 5.97 Å². The molecule has 0 aliphatic heterocycles. The van der Waals surface area contributed by atoms with Crippen LogP contribution in [0.15, 0.2) is 66.7 Å². The average molecular weight is 479 g/mol. The Balaban J connectivity index is 1.84. The van der Waals surface area contributed by atoms with Crippen molar-refractivity contribution in [1.82, 2.24) is 0 Å². The predicted molar refractivity (Wildman–Crippen MR) is 135 cm³/mol. The van der Waals surface area contributed by atoms with Gasteiger partial charge in [0, 0.05) is 0 Å². The molecule has 0 spiro atoms. The molecule has 0 aromatic heterocycles. The molecule has 3 aromatic carbocycles. The highest BCUT2D eigenvalue weighted by atomic mass is 16.5. The fourth-order valence-electron chi connectivity index (χ4n) is 4.40. The molecule has 0 saturated carbocycles. The van der Waals surface area contributed by atoms with Crippen LogP contribution in [0.3, 0.4) is 0 Å². The average Bonchev–Trinajstić information content (AvgIpc) is 2.88. The van der Waals surface area contributed by atoms with E-state index in [1.54, 1.807) is 33.5 Å². The molecule has 35 heavy (non-hydrogen) atoms. The lowest BCUT2D eigenvalue weighted by atomic mass is 9.85. The second-order valence-electron chi connectivity index (χ2n) is 8.63. The first-order valence-corrected chi connectivity index (χ1v) is 11.8. The van der Waals surface area contributed by atoms with Crippen LogP contribution in [0.4, 0.5) is 0 Å². The molecular weight excluding hydrogens is 444 g/mol. The monoisotopic (exact) mass is 478 g/mol. The molecule has 6 heteroatoms. The summed E-state index contributed by atoms with van der Waals surface area (Å²) in [5.74, 6) is 0.575. The molecule has 0 fully saturated rings. The van der Waals surface area contributed by atoms with Gasteiger partial charge in [0.05, 0.1) is 33.9 Å². The highest BCUT2D eigenvalue weighted by Crippen LogP contribution is 2.41. The third-order valence-electron chi connectivity index (χ3n) is 6.23. The van der Waals surface area contributed by atoms with E-state index in [9.17, 15) is 9.90 Å². The van der Waals surface area contributed by atoms with E-state index in [2.05, 4.69) is 12.1 Å². The standard InChI is InChI=1S/C29H34O6/c1-33-25-18-24(19-26(34-2)29(25)35-3)28(32)23(11-7-10-20-8-5-4-6-9-20)16-21-12-14-22(15-13-21)17-27(30)31/h4-6,8-9,12-15,18-19,23,28,32H,7,10-11,16-17H2,1-3H3,(H,30,31)/t23-,28?/m1/s1. The summed E-state index contributed by atoms with van der Waals surface area (Å²) in [6.45, 7) is 0. The second-order valence-corrected chi connectivity index (χ2v) is 8.63. The minimum Gasteiger partial charge on any atom is -0.493 e. The topological polar surface area (TPSA) is 85.2 Å². The Labute approximate surface area is 207 Å². The molecule has 0 heterocycles. The quantitative estimate of drug-likeness (QED) is 0.349. The number of aliphatic carboxylic acids is 1. The first-order chi connectivity index (χ1) is 16.9. The number of benzene rings is 3. The van der Waals surface area contributed by atoms with Gasteiger partial charge in [-0.3, -0.25) is 4.79 Å². The molecule has 0 bridgehead atoms. The zero-order chi connectivity index (χ0) is 25.2. The third kappa shape index (κ3) is 7.23. The molecule has 186 valence electrons. The van der Waals surface area contributed by atoms with Gasteiger partial charge in [-0.2, -0.15) is 0 Å². The van der Waals surface area contributed by atoms with E-state index >= 15 is 0 Å². The predicted octanol–water partition coefficient (Wildman–Crippen LogP) is 5.25. The van der Waals surface area contributed by atoms with Crippen molar-refractivity contribution in [1.29, 1.82) is 0 Å². The van der Waals surface area contributed by atoms with Crippen molar-refractivity contribution in [2.75, 3.05) is 21.3 Å². The molecule has 1 unspecified atom stereocenters. The summed E-state index contributed by atoms with van der Waals surface area (Å²) < 4.78 is 16.4. The molecule has 3 aromatic rings. The molecule has 6 nitrogen and oxygen atoms in total. The first-order valence-electron chi connectivity index (χ1n) is 11.8. The third-order valence-corrected chi connectivity index (χ3v) is 6.23. The van der Waals surface area contributed by atoms with Crippen molar-refractivity contribution in [3.05, 3.63) is 89.0 Å². The molecule has 0 aliphatic carbocycles. The second kappa shape index (κ2) is 12.8. The van der Waals surface area contributed by atoms with Crippen LogP contribution in [0.2, 0.25) is 0 Å². The number of rotatable bonds is 13. The van der Waals surface area contributed by atoms with E-state index < -0.39 is 12.1 Å². The first kappa shape index (κ1) is 26.1. The number of aryl methyl sites for hydroxylation is 1. The molecule has 2 atom stereocenters. The summed E-state index contributed by atoms with van der Waals surface area (Å²) in [6, 6.07) is 21.5. The van der Waals surface area contributed by atoms with Crippen LogP contribution >= 0.6 is 0 Å². The van der Waals surface area contributed by atoms with Gasteiger partial charge < -0.3 is 24.4 Å². The lowest BCUT2D eigenvalue weighted by Crippen LogP contribution is -2.16. The van der Waals surface area contributed by atoms with E-state index in [4.69, 9.17) is 19.3 Å². The molecule has 0 amide bonds. The van der Waals surface area contributed by atoms with Gasteiger partial charge in [-0.25, -0.2) is 0 Å². The number of methoxy groups -OCH3 is 3. The lowest BCUT2D eigenvalue weighted by Gasteiger charge is -2.25. The van der Waals surface area contributed by atoms with Crippen molar-refractivity contribution in [3.8, 4) is 17.2 Å². The Bertz CT molecular complexity index is 1050. The van der Waals surface area contributed by atoms with Gasteiger partial charge in [0.25, 0.3) is 0 Å². The van der Waals surface area contributed by atoms with Gasteiger partial charge in [-0.1, -0.05) is 54.6 Å². The van der Waals surface area contributed by atoms with Gasteiger partial charge in [0.2, 0.25) is 5.75 Å². The maximum absolute atomic E-state index is 11.5. The smallest absolute Gasteiger partial charge is 0.307 e. The van der Waals surface area contributed by atoms with E-state index in [1.165, 1.54) is 5.56 Å². The number of hydrogen-bond acceptors (Lipinski definition) is 5. The summed E-state index contributed by atoms with van der Waals surface area (Å²) in [6.07, 6.45) is 2.56. The van der Waals surface area contributed by atoms with Gasteiger partial charge in [-0.05, 0) is 66.0 Å². The van der Waals surface area contributed by atoms with Crippen LogP contribution in [0.25, 0.3) is 0 Å². The molecular formula is C29H34O6. The summed E-state index contributed by atoms with van der Waals surface area (Å²) >= 11 is 0. The van der Waals surface area contributed by atoms with Crippen molar-refractivity contribution in [2.24, 2.45) is 5.92 Å². The molecule has 2 N–H and O–H groups in total. The molecule has 0 radical (unpaired) electrons. The number of ether oxygens (including phenoxy) is 3. The van der Waals surface area contributed by atoms with E-state index in [1.807, 2.05) is 42.5 Å². The zero-order valence-corrected chi connectivity index (χ0v) is 20.6. The minimum atomic E-state index is -0.852. The Morgan fingerprint density at radius 1 is 0.829 bits per heavy atom. The maximum atomic E-state index is 11.5. The van der Waals surface area contributed by atoms with Crippen molar-refractivity contribution >= 4 is 5.97 Å². The maximum Gasteiger partial charge on any atom is 0.307 e. The van der Waals surface area contributed by atoms with E-state index in [-0.39, 0.29) is 12.3 Å². The van der Waals surface area contributed by atoms with Crippen molar-refractivity contribution in [2.45, 2.75) is 38.2 Å². The van der Waals surface area contributed by atoms with Gasteiger partial charge in [0.1, 0.15) is 0 Å². The van der Waals surface area contributed by atoms with Crippen LogP contribution in [0.5, 0.6) is 17.2 Å². The number of aliphatic hydroxyl groups is 1. The van der Waals surface area contributed by atoms with Crippen molar-refractivity contribution < 1.29 is 29.2 Å². The molecule has 0 saturated heterocycles. The minimum absolute atomic E-state index is 0.00511. The summed E-state index contributed by atoms with van der Waals surface area (Å²) in [5, 5.41) is 20.5. The molecule has 0 aliphatic rings. The van der Waals surface area contributed by atoms with Gasteiger partial charge in [-0.15, -0.1) is 0 Å². The Morgan fingerprint density at radius 2 is 1.43 bits per heavy atom. The SMILES string of the molecule is COc1cc(C(O)[C@H](CCCc2ccccc2)Cc2ccc(CC(=O)O)cc2)cc(OC)c1OC. The van der Waals surface area contributed by atoms with E-state index in [0.717, 1.165) is 30.4 Å². The normalized spacial score (nSPS) is 12.6. The van der Waals surface area contributed by atoms with Crippen LogP contribution in [0.1, 0.15) is 41.2 Å². The van der Waals surface area contributed by atoms with Crippen LogP contribution in [0, 0.1) is 5.92 Å². The van der Waals surface area contributed by atoms with Crippen molar-refractivity contribution in [3.63, 3.8) is 0 Å². The number of carboxylic acid groups (broad SMARTS) is 1. The lowest BCUT2D eigenvalue weighted by molar-refractivity contribution is -0.136. The number of carboxylic acids is 1. The van der Waals surface area contributed by atoms with Gasteiger partial charge in [0.15, 0.2) is 11.5 Å². The van der Waals surface area contributed by atoms with Crippen LogP contribution in [-0.2, 0) is 24.1 Å². The number of hydrogen-bond donors (Lipinski definition) is 2. The highest BCUT2D eigenvalue weighted by molar-refractivity contribution is 5.70. The Hall–Kier alpha value is -3.51. The van der Waals surface area contributed by atoms with Crippen LogP contribution in [-0.4, -0.2) is 37.5 Å². The number of aliphatic hydroxyl groups excluding tert-OH is 1. The summed E-state index contributed by atoms with van der Waals surface area (Å²) in [7, 11) is 4.67. The fraction of sp³-hybridized carbons (Fsp3) is 0.345. The zero-order valence-electron chi connectivity index (χ0n) is 20.6. The summed E-state index contributed by atoms with van der Waals surface area (Å²) in [5.41, 5.74) is 3.78. The number of carbonyl (C=O) groups is 1. The highest BCUT2D eigenvalue weighted by Gasteiger charge is 2.25. The molecule has 3 rings (SSSR count). The van der Waals surface area contributed by atoms with Crippen LogP contribution < -0.4 is 14.2 Å². The fourth-order valence-corrected chi connectivity index (χ4v) is 4.40. The summed E-state index contributed by atoms with van der Waals surface area (Å²) in [4.78, 5) is 11.0. The Kier molecular flexibility index (Phi) is 9.56.